The molecule has 1 aliphatic rings. The Morgan fingerprint density at radius 3 is 2.75 bits per heavy atom. The van der Waals surface area contributed by atoms with Gasteiger partial charge < -0.3 is 10.1 Å². The molecule has 0 bridgehead atoms. The normalized spacial score (nSPS) is 17.4. The molecule has 0 saturated heterocycles. The van der Waals surface area contributed by atoms with Gasteiger partial charge in [-0.3, -0.25) is 4.99 Å². The maximum absolute atomic E-state index is 5.24. The van der Waals surface area contributed by atoms with E-state index in [2.05, 4.69) is 31.3 Å². The average molecular weight is 292 g/mol. The van der Waals surface area contributed by atoms with Crippen molar-refractivity contribution >= 4 is 16.9 Å². The smallest absolute Gasteiger partial charge is 0.156 e. The largest absolute Gasteiger partial charge is 0.497 e. The van der Waals surface area contributed by atoms with Crippen LogP contribution in [0.1, 0.15) is 32.3 Å². The summed E-state index contributed by atoms with van der Waals surface area (Å²) in [5.74, 6) is 2.07. The summed E-state index contributed by atoms with van der Waals surface area (Å²) in [7, 11) is 1.70. The summed E-state index contributed by atoms with van der Waals surface area (Å²) in [6.45, 7) is 6.30. The van der Waals surface area contributed by atoms with E-state index in [1.165, 1.54) is 24.2 Å². The number of amidine groups is 1. The molecular formula is C16H24N2OS. The number of rotatable bonds is 5. The maximum Gasteiger partial charge on any atom is 0.156 e. The van der Waals surface area contributed by atoms with E-state index in [0.717, 1.165) is 24.0 Å². The molecule has 1 heterocycles. The van der Waals surface area contributed by atoms with Gasteiger partial charge in [-0.15, -0.1) is 0 Å². The van der Waals surface area contributed by atoms with Gasteiger partial charge in [-0.25, -0.2) is 0 Å². The Morgan fingerprint density at radius 2 is 2.15 bits per heavy atom. The third-order valence-electron chi connectivity index (χ3n) is 4.15. The summed E-state index contributed by atoms with van der Waals surface area (Å²) in [6.07, 6.45) is 2.42. The van der Waals surface area contributed by atoms with Crippen molar-refractivity contribution in [3.05, 3.63) is 29.8 Å². The molecule has 20 heavy (non-hydrogen) atoms. The van der Waals surface area contributed by atoms with Crippen LogP contribution in [0.3, 0.4) is 0 Å². The van der Waals surface area contributed by atoms with Gasteiger partial charge in [0.2, 0.25) is 0 Å². The van der Waals surface area contributed by atoms with Gasteiger partial charge in [-0.2, -0.15) is 0 Å². The Hall–Kier alpha value is -1.16. The number of benzene rings is 1. The summed E-state index contributed by atoms with van der Waals surface area (Å²) in [5.41, 5.74) is 1.63. The molecule has 4 heteroatoms. The predicted molar refractivity (Wildman–Crippen MR) is 87.6 cm³/mol. The summed E-state index contributed by atoms with van der Waals surface area (Å²) in [5, 5.41) is 4.51. The number of hydrogen-bond donors (Lipinski definition) is 1. The van der Waals surface area contributed by atoms with Gasteiger partial charge >= 0.3 is 0 Å². The van der Waals surface area contributed by atoms with Crippen LogP contribution in [-0.2, 0) is 6.54 Å². The van der Waals surface area contributed by atoms with Crippen LogP contribution in [0, 0.1) is 5.41 Å². The molecule has 1 aliphatic heterocycles. The molecular weight excluding hydrogens is 268 g/mol. The number of hydrogen-bond acceptors (Lipinski definition) is 4. The van der Waals surface area contributed by atoms with Crippen LogP contribution in [0.5, 0.6) is 5.75 Å². The molecule has 0 radical (unpaired) electrons. The van der Waals surface area contributed by atoms with E-state index >= 15 is 0 Å². The Bertz CT molecular complexity index is 469. The van der Waals surface area contributed by atoms with Gasteiger partial charge in [0.1, 0.15) is 5.75 Å². The van der Waals surface area contributed by atoms with Crippen molar-refractivity contribution in [3.8, 4) is 5.75 Å². The van der Waals surface area contributed by atoms with Gasteiger partial charge in [0.05, 0.1) is 7.11 Å². The summed E-state index contributed by atoms with van der Waals surface area (Å²) in [4.78, 5) is 4.72. The predicted octanol–water partition coefficient (Wildman–Crippen LogP) is 3.69. The third kappa shape index (κ3) is 3.69. The van der Waals surface area contributed by atoms with Crippen LogP contribution in [0.2, 0.25) is 0 Å². The van der Waals surface area contributed by atoms with Crippen LogP contribution in [0.25, 0.3) is 0 Å². The number of nitrogens with zero attached hydrogens (tertiary/aromatic N) is 1. The van der Waals surface area contributed by atoms with Crippen molar-refractivity contribution in [1.29, 1.82) is 0 Å². The summed E-state index contributed by atoms with van der Waals surface area (Å²) in [6, 6.07) is 8.15. The first-order chi connectivity index (χ1) is 9.71. The highest BCUT2D eigenvalue weighted by atomic mass is 32.2. The second-order valence-corrected chi connectivity index (χ2v) is 6.29. The Labute approximate surface area is 126 Å². The number of nitrogens with one attached hydrogen (secondary N) is 1. The first-order valence-electron chi connectivity index (χ1n) is 7.25. The molecule has 0 unspecified atom stereocenters. The maximum atomic E-state index is 5.24. The van der Waals surface area contributed by atoms with Gasteiger partial charge in [0.15, 0.2) is 5.17 Å². The highest BCUT2D eigenvalue weighted by Gasteiger charge is 2.29. The standard InChI is InChI=1S/C16H24N2OS/c1-4-16(5-2)11-18-15(20-12-16)17-10-13-7-6-8-14(9-13)19-3/h6-9H,4-5,10-12H2,1-3H3,(H,17,18). The molecule has 3 nitrogen and oxygen atoms in total. The van der Waals surface area contributed by atoms with Crippen LogP contribution < -0.4 is 10.1 Å². The fourth-order valence-corrected chi connectivity index (χ4v) is 3.57. The molecule has 0 fully saturated rings. The van der Waals surface area contributed by atoms with Gasteiger partial charge in [0, 0.05) is 18.8 Å². The van der Waals surface area contributed by atoms with E-state index in [0.29, 0.717) is 5.41 Å². The third-order valence-corrected chi connectivity index (χ3v) is 5.45. The summed E-state index contributed by atoms with van der Waals surface area (Å²) < 4.78 is 5.24. The van der Waals surface area contributed by atoms with E-state index in [1.807, 2.05) is 23.9 Å². The van der Waals surface area contributed by atoms with Gasteiger partial charge in [0.25, 0.3) is 0 Å². The first-order valence-corrected chi connectivity index (χ1v) is 8.24. The quantitative estimate of drug-likeness (QED) is 0.898. The fourth-order valence-electron chi connectivity index (χ4n) is 2.30. The number of methoxy groups -OCH3 is 1. The van der Waals surface area contributed by atoms with Gasteiger partial charge in [-0.05, 0) is 36.0 Å². The highest BCUT2D eigenvalue weighted by Crippen LogP contribution is 2.34. The molecule has 0 aliphatic carbocycles. The lowest BCUT2D eigenvalue weighted by Crippen LogP contribution is -2.34. The molecule has 1 aromatic rings. The molecule has 2 rings (SSSR count). The Balaban J connectivity index is 1.90. The highest BCUT2D eigenvalue weighted by molar-refractivity contribution is 8.13. The minimum Gasteiger partial charge on any atom is -0.497 e. The van der Waals surface area contributed by atoms with Crippen molar-refractivity contribution < 1.29 is 4.74 Å². The molecule has 0 aromatic heterocycles. The Kier molecular flexibility index (Phi) is 5.35. The second kappa shape index (κ2) is 7.02. The monoisotopic (exact) mass is 292 g/mol. The van der Waals surface area contributed by atoms with E-state index in [4.69, 9.17) is 9.73 Å². The number of aliphatic imine (C=N–C) groups is 1. The number of thioether (sulfide) groups is 1. The summed E-state index contributed by atoms with van der Waals surface area (Å²) >= 11 is 1.86. The minimum absolute atomic E-state index is 0.409. The van der Waals surface area contributed by atoms with Crippen LogP contribution >= 0.6 is 11.8 Å². The van der Waals surface area contributed by atoms with Gasteiger partial charge in [-0.1, -0.05) is 37.7 Å². The van der Waals surface area contributed by atoms with Crippen molar-refractivity contribution in [1.82, 2.24) is 5.32 Å². The molecule has 1 aromatic carbocycles. The fraction of sp³-hybridized carbons (Fsp3) is 0.562. The van der Waals surface area contributed by atoms with Crippen molar-refractivity contribution in [2.75, 3.05) is 19.4 Å². The molecule has 110 valence electrons. The zero-order valence-corrected chi connectivity index (χ0v) is 13.4. The Morgan fingerprint density at radius 1 is 1.35 bits per heavy atom. The van der Waals surface area contributed by atoms with Crippen molar-refractivity contribution in [2.45, 2.75) is 33.2 Å². The zero-order chi connectivity index (χ0) is 14.4. The topological polar surface area (TPSA) is 33.6 Å². The lowest BCUT2D eigenvalue weighted by atomic mass is 9.84. The van der Waals surface area contributed by atoms with Crippen LogP contribution in [0.4, 0.5) is 0 Å². The molecule has 1 N–H and O–H groups in total. The van der Waals surface area contributed by atoms with E-state index in [9.17, 15) is 0 Å². The lowest BCUT2D eigenvalue weighted by molar-refractivity contribution is 0.318. The van der Waals surface area contributed by atoms with Crippen LogP contribution in [0.15, 0.2) is 29.3 Å². The van der Waals surface area contributed by atoms with Crippen molar-refractivity contribution in [2.24, 2.45) is 10.4 Å². The molecule has 0 saturated carbocycles. The van der Waals surface area contributed by atoms with Crippen LogP contribution in [-0.4, -0.2) is 24.6 Å². The van der Waals surface area contributed by atoms with Crippen molar-refractivity contribution in [3.63, 3.8) is 0 Å². The molecule has 0 amide bonds. The second-order valence-electron chi connectivity index (χ2n) is 5.32. The number of ether oxygens (including phenoxy) is 1. The lowest BCUT2D eigenvalue weighted by Gasteiger charge is -2.33. The minimum atomic E-state index is 0.409. The molecule has 0 spiro atoms. The SMILES string of the molecule is CCC1(CC)CN=C(NCc2cccc(OC)c2)SC1. The van der Waals surface area contributed by atoms with E-state index in [-0.39, 0.29) is 0 Å². The first kappa shape index (κ1) is 15.2. The van der Waals surface area contributed by atoms with E-state index < -0.39 is 0 Å². The van der Waals surface area contributed by atoms with E-state index in [1.54, 1.807) is 7.11 Å². The average Bonchev–Trinajstić information content (AvgIpc) is 2.53. The molecule has 0 atom stereocenters. The zero-order valence-electron chi connectivity index (χ0n) is 12.6.